The van der Waals surface area contributed by atoms with Gasteiger partial charge in [-0.3, -0.25) is 9.69 Å². The summed E-state index contributed by atoms with van der Waals surface area (Å²) in [5, 5.41) is 9.06. The Morgan fingerprint density at radius 3 is 2.70 bits per heavy atom. The highest BCUT2D eigenvalue weighted by atomic mass is 32.2. The molecule has 0 saturated carbocycles. The Bertz CT molecular complexity index is 955. The van der Waals surface area contributed by atoms with Gasteiger partial charge in [0.15, 0.2) is 10.4 Å². The molecule has 1 atom stereocenters. The Morgan fingerprint density at radius 1 is 1.26 bits per heavy atom. The molecule has 1 aliphatic heterocycles. The molecule has 1 unspecified atom stereocenters. The molecule has 1 fully saturated rings. The number of benzene rings is 2. The summed E-state index contributed by atoms with van der Waals surface area (Å²) in [5.74, 6) is -0.875. The number of rotatable bonds is 5. The second-order valence-electron chi connectivity index (χ2n) is 5.99. The third-order valence-electron chi connectivity index (χ3n) is 3.91. The van der Waals surface area contributed by atoms with Crippen molar-refractivity contribution in [3.8, 4) is 5.75 Å². The van der Waals surface area contributed by atoms with Gasteiger partial charge >= 0.3 is 5.97 Å². The SMILES string of the molecule is Cc1cccc(N2C(=O)/C(=C\c3ccccc3OC(C)C(=O)O)SC2=S)c1. The quantitative estimate of drug-likeness (QED) is 0.599. The summed E-state index contributed by atoms with van der Waals surface area (Å²) in [6, 6.07) is 14.6. The van der Waals surface area contributed by atoms with E-state index in [9.17, 15) is 9.59 Å². The highest BCUT2D eigenvalue weighted by Crippen LogP contribution is 2.37. The maximum absolute atomic E-state index is 12.9. The first-order chi connectivity index (χ1) is 12.9. The van der Waals surface area contributed by atoms with E-state index in [0.717, 1.165) is 11.3 Å². The van der Waals surface area contributed by atoms with Crippen LogP contribution in [0.1, 0.15) is 18.1 Å². The molecule has 138 valence electrons. The van der Waals surface area contributed by atoms with Crippen LogP contribution in [0.25, 0.3) is 6.08 Å². The van der Waals surface area contributed by atoms with E-state index in [1.54, 1.807) is 30.3 Å². The van der Waals surface area contributed by atoms with Crippen LogP contribution in [0.15, 0.2) is 53.4 Å². The van der Waals surface area contributed by atoms with Gasteiger partial charge in [0.1, 0.15) is 5.75 Å². The lowest BCUT2D eigenvalue weighted by Crippen LogP contribution is -2.27. The van der Waals surface area contributed by atoms with Crippen LogP contribution in [-0.4, -0.2) is 27.4 Å². The summed E-state index contributed by atoms with van der Waals surface area (Å²) in [6.45, 7) is 3.41. The number of anilines is 1. The zero-order chi connectivity index (χ0) is 19.6. The fourth-order valence-corrected chi connectivity index (χ4v) is 3.84. The largest absolute Gasteiger partial charge is 0.479 e. The molecule has 1 saturated heterocycles. The van der Waals surface area contributed by atoms with E-state index in [0.29, 0.717) is 20.5 Å². The number of thiocarbonyl (C=S) groups is 1. The normalized spacial score (nSPS) is 16.7. The van der Waals surface area contributed by atoms with Gasteiger partial charge in [0.25, 0.3) is 5.91 Å². The number of hydrogen-bond acceptors (Lipinski definition) is 5. The highest BCUT2D eigenvalue weighted by molar-refractivity contribution is 8.27. The highest BCUT2D eigenvalue weighted by Gasteiger charge is 2.33. The maximum atomic E-state index is 12.9. The Kier molecular flexibility index (Phi) is 5.62. The van der Waals surface area contributed by atoms with Gasteiger partial charge in [0.2, 0.25) is 0 Å². The number of amides is 1. The van der Waals surface area contributed by atoms with E-state index >= 15 is 0 Å². The molecule has 5 nitrogen and oxygen atoms in total. The Morgan fingerprint density at radius 2 is 2.00 bits per heavy atom. The van der Waals surface area contributed by atoms with E-state index in [-0.39, 0.29) is 5.91 Å². The van der Waals surface area contributed by atoms with Crippen molar-refractivity contribution in [3.05, 3.63) is 64.6 Å². The number of nitrogens with zero attached hydrogens (tertiary/aromatic N) is 1. The van der Waals surface area contributed by atoms with Crippen LogP contribution in [0, 0.1) is 6.92 Å². The lowest BCUT2D eigenvalue weighted by Gasteiger charge is -2.15. The average Bonchev–Trinajstić information content (AvgIpc) is 2.90. The summed E-state index contributed by atoms with van der Waals surface area (Å²) in [5.41, 5.74) is 2.38. The summed E-state index contributed by atoms with van der Waals surface area (Å²) >= 11 is 6.60. The number of hydrogen-bond donors (Lipinski definition) is 1. The van der Waals surface area contributed by atoms with Crippen molar-refractivity contribution >= 4 is 51.9 Å². The van der Waals surface area contributed by atoms with Crippen molar-refractivity contribution in [2.75, 3.05) is 4.90 Å². The van der Waals surface area contributed by atoms with Gasteiger partial charge in [0, 0.05) is 5.56 Å². The zero-order valence-corrected chi connectivity index (χ0v) is 16.3. The third-order valence-corrected chi connectivity index (χ3v) is 5.21. The minimum Gasteiger partial charge on any atom is -0.479 e. The molecule has 0 radical (unpaired) electrons. The molecular formula is C20H17NO4S2. The number of carboxylic acid groups (broad SMARTS) is 1. The molecule has 0 spiro atoms. The lowest BCUT2D eigenvalue weighted by atomic mass is 10.1. The van der Waals surface area contributed by atoms with Crippen LogP contribution in [0.3, 0.4) is 0 Å². The third kappa shape index (κ3) is 4.20. The molecule has 1 N–H and O–H groups in total. The molecule has 1 amide bonds. The van der Waals surface area contributed by atoms with Crippen LogP contribution in [0.2, 0.25) is 0 Å². The number of thioether (sulfide) groups is 1. The fourth-order valence-electron chi connectivity index (χ4n) is 2.55. The molecule has 2 aromatic rings. The monoisotopic (exact) mass is 399 g/mol. The van der Waals surface area contributed by atoms with Crippen molar-refractivity contribution in [1.82, 2.24) is 0 Å². The van der Waals surface area contributed by atoms with Crippen molar-refractivity contribution in [2.24, 2.45) is 0 Å². The Balaban J connectivity index is 1.92. The van der Waals surface area contributed by atoms with Gasteiger partial charge in [-0.25, -0.2) is 4.79 Å². The Hall–Kier alpha value is -2.64. The van der Waals surface area contributed by atoms with E-state index in [1.807, 2.05) is 31.2 Å². The lowest BCUT2D eigenvalue weighted by molar-refractivity contribution is -0.144. The summed E-state index contributed by atoms with van der Waals surface area (Å²) < 4.78 is 5.95. The number of carbonyl (C=O) groups is 2. The molecule has 7 heteroatoms. The first-order valence-corrected chi connectivity index (χ1v) is 9.42. The topological polar surface area (TPSA) is 66.8 Å². The number of para-hydroxylation sites is 1. The minimum absolute atomic E-state index is 0.211. The van der Waals surface area contributed by atoms with Crippen molar-refractivity contribution in [1.29, 1.82) is 0 Å². The summed E-state index contributed by atoms with van der Waals surface area (Å²) in [6.07, 6.45) is 0.681. The van der Waals surface area contributed by atoms with Crippen molar-refractivity contribution in [2.45, 2.75) is 20.0 Å². The number of carbonyl (C=O) groups excluding carboxylic acids is 1. The number of aryl methyl sites for hydroxylation is 1. The van der Waals surface area contributed by atoms with Gasteiger partial charge in [-0.2, -0.15) is 0 Å². The maximum Gasteiger partial charge on any atom is 0.344 e. The molecule has 27 heavy (non-hydrogen) atoms. The van der Waals surface area contributed by atoms with E-state index in [4.69, 9.17) is 22.1 Å². The minimum atomic E-state index is -1.06. The van der Waals surface area contributed by atoms with Crippen molar-refractivity contribution < 1.29 is 19.4 Å². The van der Waals surface area contributed by atoms with E-state index in [2.05, 4.69) is 0 Å². The second-order valence-corrected chi connectivity index (χ2v) is 7.67. The van der Waals surface area contributed by atoms with Gasteiger partial charge < -0.3 is 9.84 Å². The first-order valence-electron chi connectivity index (χ1n) is 8.20. The predicted molar refractivity (Wildman–Crippen MR) is 111 cm³/mol. The Labute approximate surface area is 166 Å². The average molecular weight is 399 g/mol. The van der Waals surface area contributed by atoms with Crippen LogP contribution in [0.4, 0.5) is 5.69 Å². The van der Waals surface area contributed by atoms with Gasteiger partial charge in [-0.05, 0) is 43.7 Å². The molecule has 0 bridgehead atoms. The van der Waals surface area contributed by atoms with E-state index < -0.39 is 12.1 Å². The number of aliphatic carboxylic acids is 1. The molecular weight excluding hydrogens is 382 g/mol. The van der Waals surface area contributed by atoms with Gasteiger partial charge in [-0.15, -0.1) is 0 Å². The second kappa shape index (κ2) is 7.94. The number of carboxylic acids is 1. The molecule has 3 rings (SSSR count). The summed E-state index contributed by atoms with van der Waals surface area (Å²) in [7, 11) is 0. The standard InChI is InChI=1S/C20H17NO4S2/c1-12-6-5-8-15(10-12)21-18(22)17(27-20(21)26)11-14-7-3-4-9-16(14)25-13(2)19(23)24/h3-11,13H,1-2H3,(H,23,24)/b17-11+. The van der Waals surface area contributed by atoms with Crippen LogP contribution in [-0.2, 0) is 9.59 Å². The summed E-state index contributed by atoms with van der Waals surface area (Å²) in [4.78, 5) is 25.9. The van der Waals surface area contributed by atoms with E-state index in [1.165, 1.54) is 23.6 Å². The fraction of sp³-hybridized carbons (Fsp3) is 0.150. The van der Waals surface area contributed by atoms with Gasteiger partial charge in [-0.1, -0.05) is 54.3 Å². The molecule has 0 aromatic heterocycles. The van der Waals surface area contributed by atoms with Crippen LogP contribution in [0.5, 0.6) is 5.75 Å². The predicted octanol–water partition coefficient (Wildman–Crippen LogP) is 4.25. The van der Waals surface area contributed by atoms with Crippen LogP contribution < -0.4 is 9.64 Å². The smallest absolute Gasteiger partial charge is 0.344 e. The number of ether oxygens (including phenoxy) is 1. The van der Waals surface area contributed by atoms with Crippen molar-refractivity contribution in [3.63, 3.8) is 0 Å². The molecule has 1 aliphatic rings. The van der Waals surface area contributed by atoms with Gasteiger partial charge in [0.05, 0.1) is 10.6 Å². The molecule has 1 heterocycles. The first kappa shape index (κ1) is 19.1. The van der Waals surface area contributed by atoms with Crippen LogP contribution >= 0.6 is 24.0 Å². The molecule has 0 aliphatic carbocycles. The zero-order valence-electron chi connectivity index (χ0n) is 14.7. The molecule has 2 aromatic carbocycles.